The summed E-state index contributed by atoms with van der Waals surface area (Å²) in [7, 11) is 0. The normalized spacial score (nSPS) is 10.5. The number of hydrogen-bond donors (Lipinski definition) is 4. The Morgan fingerprint density at radius 1 is 0.929 bits per heavy atom. The lowest BCUT2D eigenvalue weighted by Gasteiger charge is -2.08. The maximum absolute atomic E-state index is 12.0. The van der Waals surface area contributed by atoms with Gasteiger partial charge in [-0.1, -0.05) is 29.8 Å². The third kappa shape index (κ3) is 5.11. The molecule has 2 aromatic carbocycles. The van der Waals surface area contributed by atoms with E-state index in [0.717, 1.165) is 16.5 Å². The average Bonchev–Trinajstić information content (AvgIpc) is 3.10. The minimum Gasteiger partial charge on any atom is -0.361 e. The van der Waals surface area contributed by atoms with Crippen LogP contribution in [-0.2, 0) is 16.0 Å². The number of hydrogen-bond acceptors (Lipinski definition) is 3. The maximum Gasteiger partial charge on any atom is 0.251 e. The van der Waals surface area contributed by atoms with E-state index in [1.807, 2.05) is 24.3 Å². The predicted octanol–water partition coefficient (Wildman–Crippen LogP) is 2.33. The predicted molar refractivity (Wildman–Crippen MR) is 107 cm³/mol. The minimum atomic E-state index is -0.399. The van der Waals surface area contributed by atoms with Crippen LogP contribution in [0.4, 0.5) is 0 Å². The van der Waals surface area contributed by atoms with Crippen LogP contribution in [0.5, 0.6) is 0 Å². The molecule has 3 aromatic rings. The Labute approximate surface area is 166 Å². The Kier molecular flexibility index (Phi) is 6.29. The summed E-state index contributed by atoms with van der Waals surface area (Å²) >= 11 is 5.77. The Bertz CT molecular complexity index is 998. The number of benzene rings is 2. The van der Waals surface area contributed by atoms with Crippen LogP contribution >= 0.6 is 11.6 Å². The molecule has 1 heterocycles. The summed E-state index contributed by atoms with van der Waals surface area (Å²) in [4.78, 5) is 38.9. The number of aromatic nitrogens is 1. The van der Waals surface area contributed by atoms with Gasteiger partial charge in [-0.3, -0.25) is 25.2 Å². The molecule has 0 aliphatic heterocycles. The maximum atomic E-state index is 12.0. The van der Waals surface area contributed by atoms with E-state index in [-0.39, 0.29) is 31.2 Å². The Morgan fingerprint density at radius 2 is 1.64 bits per heavy atom. The summed E-state index contributed by atoms with van der Waals surface area (Å²) in [6, 6.07) is 14.1. The second-order valence-corrected chi connectivity index (χ2v) is 6.58. The van der Waals surface area contributed by atoms with Crippen LogP contribution < -0.4 is 16.2 Å². The molecule has 8 heteroatoms. The van der Waals surface area contributed by atoms with Crippen LogP contribution in [0.2, 0.25) is 5.02 Å². The molecule has 0 aliphatic carbocycles. The number of nitrogens with one attached hydrogen (secondary N) is 4. The Hall–Kier alpha value is -3.32. The molecule has 3 rings (SSSR count). The van der Waals surface area contributed by atoms with Gasteiger partial charge >= 0.3 is 0 Å². The molecule has 7 nitrogen and oxygen atoms in total. The monoisotopic (exact) mass is 398 g/mol. The van der Waals surface area contributed by atoms with Crippen molar-refractivity contribution in [2.75, 3.05) is 6.54 Å². The first kappa shape index (κ1) is 19.4. The zero-order valence-corrected chi connectivity index (χ0v) is 15.7. The summed E-state index contributed by atoms with van der Waals surface area (Å²) in [5.74, 6) is -1.03. The molecule has 0 radical (unpaired) electrons. The number of para-hydroxylation sites is 1. The molecular weight excluding hydrogens is 380 g/mol. The molecule has 0 unspecified atom stereocenters. The molecule has 0 aliphatic rings. The van der Waals surface area contributed by atoms with Gasteiger partial charge in [-0.05, 0) is 35.9 Å². The van der Waals surface area contributed by atoms with Crippen molar-refractivity contribution in [3.63, 3.8) is 0 Å². The lowest BCUT2D eigenvalue weighted by Crippen LogP contribution is -2.43. The van der Waals surface area contributed by atoms with Crippen LogP contribution in [0, 0.1) is 0 Å². The highest BCUT2D eigenvalue weighted by Crippen LogP contribution is 2.17. The van der Waals surface area contributed by atoms with Crippen molar-refractivity contribution in [3.05, 3.63) is 70.9 Å². The van der Waals surface area contributed by atoms with Crippen molar-refractivity contribution in [2.45, 2.75) is 12.8 Å². The van der Waals surface area contributed by atoms with E-state index in [0.29, 0.717) is 10.6 Å². The summed E-state index contributed by atoms with van der Waals surface area (Å²) < 4.78 is 0. The molecule has 0 fully saturated rings. The number of rotatable bonds is 6. The molecule has 1 aromatic heterocycles. The Morgan fingerprint density at radius 3 is 2.43 bits per heavy atom. The second-order valence-electron chi connectivity index (χ2n) is 6.15. The van der Waals surface area contributed by atoms with Gasteiger partial charge in [0.05, 0.1) is 6.42 Å². The van der Waals surface area contributed by atoms with Gasteiger partial charge in [-0.2, -0.15) is 0 Å². The van der Waals surface area contributed by atoms with Crippen molar-refractivity contribution in [2.24, 2.45) is 0 Å². The standard InChI is InChI=1S/C20H19ClN4O3/c21-15-7-5-13(6-8-15)20(28)22-10-9-18(26)24-25-19(27)11-14-12-23-17-4-2-1-3-16(14)17/h1-8,12,23H,9-11H2,(H,22,28)(H,24,26)(H,25,27). The fraction of sp³-hybridized carbons (Fsp3) is 0.150. The molecule has 0 bridgehead atoms. The van der Waals surface area contributed by atoms with Gasteiger partial charge < -0.3 is 10.3 Å². The number of H-pyrrole nitrogens is 1. The van der Waals surface area contributed by atoms with E-state index >= 15 is 0 Å². The zero-order valence-electron chi connectivity index (χ0n) is 14.9. The fourth-order valence-electron chi connectivity index (χ4n) is 2.69. The zero-order chi connectivity index (χ0) is 19.9. The summed E-state index contributed by atoms with van der Waals surface area (Å²) in [5, 5.41) is 4.14. The van der Waals surface area contributed by atoms with Gasteiger partial charge in [0.15, 0.2) is 0 Å². The van der Waals surface area contributed by atoms with E-state index in [2.05, 4.69) is 21.2 Å². The van der Waals surface area contributed by atoms with Gasteiger partial charge in [0.2, 0.25) is 11.8 Å². The smallest absolute Gasteiger partial charge is 0.251 e. The largest absolute Gasteiger partial charge is 0.361 e. The molecule has 0 saturated heterocycles. The van der Waals surface area contributed by atoms with Gasteiger partial charge in [0.25, 0.3) is 5.91 Å². The third-order valence-electron chi connectivity index (χ3n) is 4.11. The number of halogens is 1. The average molecular weight is 399 g/mol. The SMILES string of the molecule is O=C(CCNC(=O)c1ccc(Cl)cc1)NNC(=O)Cc1c[nH]c2ccccc12. The molecule has 0 saturated carbocycles. The minimum absolute atomic E-state index is 0.0344. The van der Waals surface area contributed by atoms with E-state index < -0.39 is 5.91 Å². The topological polar surface area (TPSA) is 103 Å². The Balaban J connectivity index is 1.38. The highest BCUT2D eigenvalue weighted by Gasteiger charge is 2.10. The van der Waals surface area contributed by atoms with Crippen molar-refractivity contribution in [1.29, 1.82) is 0 Å². The molecule has 144 valence electrons. The van der Waals surface area contributed by atoms with Crippen molar-refractivity contribution >= 4 is 40.2 Å². The first-order valence-electron chi connectivity index (χ1n) is 8.69. The van der Waals surface area contributed by atoms with Gasteiger partial charge in [-0.25, -0.2) is 0 Å². The van der Waals surface area contributed by atoms with E-state index in [1.165, 1.54) is 0 Å². The summed E-state index contributed by atoms with van der Waals surface area (Å²) in [6.07, 6.45) is 1.95. The quantitative estimate of drug-likeness (QED) is 0.479. The van der Waals surface area contributed by atoms with Gasteiger partial charge in [0.1, 0.15) is 0 Å². The second kappa shape index (κ2) is 9.05. The highest BCUT2D eigenvalue weighted by molar-refractivity contribution is 6.30. The van der Waals surface area contributed by atoms with E-state index in [9.17, 15) is 14.4 Å². The van der Waals surface area contributed by atoms with Gasteiger partial charge in [-0.15, -0.1) is 0 Å². The van der Waals surface area contributed by atoms with Crippen LogP contribution in [0.25, 0.3) is 10.9 Å². The molecule has 28 heavy (non-hydrogen) atoms. The first-order chi connectivity index (χ1) is 13.5. The lowest BCUT2D eigenvalue weighted by atomic mass is 10.1. The number of carbonyl (C=O) groups is 3. The van der Waals surface area contributed by atoms with Crippen LogP contribution in [0.15, 0.2) is 54.7 Å². The number of hydrazine groups is 1. The van der Waals surface area contributed by atoms with E-state index in [1.54, 1.807) is 30.5 Å². The highest BCUT2D eigenvalue weighted by atomic mass is 35.5. The van der Waals surface area contributed by atoms with Gasteiger partial charge in [0, 0.05) is 40.7 Å². The molecule has 0 spiro atoms. The number of fused-ring (bicyclic) bond motifs is 1. The van der Waals surface area contributed by atoms with Crippen molar-refractivity contribution in [1.82, 2.24) is 21.2 Å². The summed E-state index contributed by atoms with van der Waals surface area (Å²) in [5.41, 5.74) is 6.98. The molecule has 4 N–H and O–H groups in total. The number of carbonyl (C=O) groups excluding carboxylic acids is 3. The third-order valence-corrected chi connectivity index (χ3v) is 4.36. The van der Waals surface area contributed by atoms with E-state index in [4.69, 9.17) is 11.6 Å². The fourth-order valence-corrected chi connectivity index (χ4v) is 2.82. The first-order valence-corrected chi connectivity index (χ1v) is 9.07. The van der Waals surface area contributed by atoms with Crippen molar-refractivity contribution in [3.8, 4) is 0 Å². The molecule has 0 atom stereocenters. The summed E-state index contributed by atoms with van der Waals surface area (Å²) in [6.45, 7) is 0.144. The number of aromatic amines is 1. The molecule has 3 amide bonds. The van der Waals surface area contributed by atoms with Crippen LogP contribution in [-0.4, -0.2) is 29.3 Å². The van der Waals surface area contributed by atoms with Crippen LogP contribution in [0.1, 0.15) is 22.3 Å². The lowest BCUT2D eigenvalue weighted by molar-refractivity contribution is -0.128. The van der Waals surface area contributed by atoms with Crippen LogP contribution in [0.3, 0.4) is 0 Å². The molecular formula is C20H19ClN4O3. The number of amides is 3. The van der Waals surface area contributed by atoms with Crippen molar-refractivity contribution < 1.29 is 14.4 Å².